The van der Waals surface area contributed by atoms with Gasteiger partial charge in [0.05, 0.1) is 23.6 Å². The van der Waals surface area contributed by atoms with Gasteiger partial charge in [0.15, 0.2) is 5.17 Å². The highest BCUT2D eigenvalue weighted by molar-refractivity contribution is 8.15. The largest absolute Gasteiger partial charge is 0.507 e. The molecule has 2 aromatic carbocycles. The van der Waals surface area contributed by atoms with Gasteiger partial charge in [0.25, 0.3) is 0 Å². The van der Waals surface area contributed by atoms with E-state index in [2.05, 4.69) is 15.5 Å². The van der Waals surface area contributed by atoms with Crippen LogP contribution in [0.1, 0.15) is 28.4 Å². The van der Waals surface area contributed by atoms with Crippen LogP contribution in [-0.4, -0.2) is 40.2 Å². The van der Waals surface area contributed by atoms with Gasteiger partial charge >= 0.3 is 5.97 Å². The number of aromatic hydroxyl groups is 1. The molecule has 8 heteroatoms. The average molecular weight is 397 g/mol. The zero-order chi connectivity index (χ0) is 19.9. The Morgan fingerprint density at radius 3 is 2.71 bits per heavy atom. The van der Waals surface area contributed by atoms with Crippen molar-refractivity contribution in [3.05, 3.63) is 65.2 Å². The first kappa shape index (κ1) is 19.6. The topological polar surface area (TPSA) is 100 Å². The van der Waals surface area contributed by atoms with Gasteiger partial charge < -0.3 is 15.2 Å². The predicted molar refractivity (Wildman–Crippen MR) is 109 cm³/mol. The Kier molecular flexibility index (Phi) is 6.44. The van der Waals surface area contributed by atoms with Gasteiger partial charge in [-0.1, -0.05) is 36.0 Å². The first-order valence-electron chi connectivity index (χ1n) is 8.69. The highest BCUT2D eigenvalue weighted by Crippen LogP contribution is 2.23. The predicted octanol–water partition coefficient (Wildman–Crippen LogP) is 2.73. The summed E-state index contributed by atoms with van der Waals surface area (Å²) in [7, 11) is 0. The van der Waals surface area contributed by atoms with E-state index in [9.17, 15) is 14.7 Å². The molecule has 1 unspecified atom stereocenters. The van der Waals surface area contributed by atoms with E-state index in [1.54, 1.807) is 43.3 Å². The van der Waals surface area contributed by atoms with Crippen LogP contribution in [0.25, 0.3) is 0 Å². The van der Waals surface area contributed by atoms with Crippen molar-refractivity contribution in [2.75, 3.05) is 6.61 Å². The molecule has 2 aromatic rings. The summed E-state index contributed by atoms with van der Waals surface area (Å²) in [5, 5.41) is 20.4. The molecule has 1 heterocycles. The third kappa shape index (κ3) is 4.98. The van der Waals surface area contributed by atoms with E-state index in [1.165, 1.54) is 18.0 Å². The van der Waals surface area contributed by atoms with E-state index in [4.69, 9.17) is 4.74 Å². The van der Waals surface area contributed by atoms with E-state index in [-0.39, 0.29) is 22.9 Å². The number of rotatable bonds is 6. The third-order valence-corrected chi connectivity index (χ3v) is 5.02. The number of esters is 1. The number of ether oxygens (including phenoxy) is 1. The molecule has 0 aliphatic carbocycles. The fourth-order valence-electron chi connectivity index (χ4n) is 2.53. The molecule has 1 atom stereocenters. The second kappa shape index (κ2) is 9.18. The SMILES string of the molecule is CCOC(=O)c1ccc(CC2S/C(=N/N=C/c3ccccc3O)NC2=O)cc1. The van der Waals surface area contributed by atoms with Crippen LogP contribution >= 0.6 is 11.8 Å². The smallest absolute Gasteiger partial charge is 0.338 e. The highest BCUT2D eigenvalue weighted by Gasteiger charge is 2.30. The first-order valence-corrected chi connectivity index (χ1v) is 9.57. The Bertz CT molecular complexity index is 925. The Hall–Kier alpha value is -3.13. The number of para-hydroxylation sites is 1. The lowest BCUT2D eigenvalue weighted by molar-refractivity contribution is -0.118. The summed E-state index contributed by atoms with van der Waals surface area (Å²) in [5.74, 6) is -0.395. The summed E-state index contributed by atoms with van der Waals surface area (Å²) in [4.78, 5) is 23.8. The number of phenols is 1. The van der Waals surface area contributed by atoms with Crippen LogP contribution in [0.2, 0.25) is 0 Å². The lowest BCUT2D eigenvalue weighted by Gasteiger charge is -2.06. The van der Waals surface area contributed by atoms with Crippen LogP contribution in [0.15, 0.2) is 58.7 Å². The van der Waals surface area contributed by atoms with Crippen molar-refractivity contribution < 1.29 is 19.4 Å². The molecule has 1 saturated heterocycles. The van der Waals surface area contributed by atoms with Crippen molar-refractivity contribution in [3.63, 3.8) is 0 Å². The number of amidine groups is 1. The maximum absolute atomic E-state index is 12.2. The van der Waals surface area contributed by atoms with Crippen LogP contribution in [0.3, 0.4) is 0 Å². The molecule has 1 aliphatic heterocycles. The van der Waals surface area contributed by atoms with E-state index in [0.717, 1.165) is 5.56 Å². The number of carbonyl (C=O) groups is 2. The van der Waals surface area contributed by atoms with Gasteiger partial charge in [-0.2, -0.15) is 5.10 Å². The number of nitrogens with zero attached hydrogens (tertiary/aromatic N) is 2. The maximum atomic E-state index is 12.2. The Balaban J connectivity index is 1.60. The molecule has 3 rings (SSSR count). The third-order valence-electron chi connectivity index (χ3n) is 3.94. The minimum absolute atomic E-state index is 0.110. The maximum Gasteiger partial charge on any atom is 0.338 e. The number of phenolic OH excluding ortho intramolecular Hbond substituents is 1. The molecule has 0 bridgehead atoms. The van der Waals surface area contributed by atoms with Gasteiger partial charge in [-0.3, -0.25) is 4.79 Å². The van der Waals surface area contributed by atoms with E-state index in [1.807, 2.05) is 12.1 Å². The van der Waals surface area contributed by atoms with Gasteiger partial charge in [0, 0.05) is 5.56 Å². The minimum atomic E-state index is -0.362. The molecule has 144 valence electrons. The summed E-state index contributed by atoms with van der Waals surface area (Å²) >= 11 is 1.29. The zero-order valence-electron chi connectivity index (χ0n) is 15.2. The van der Waals surface area contributed by atoms with E-state index < -0.39 is 0 Å². The second-order valence-corrected chi connectivity index (χ2v) is 7.12. The van der Waals surface area contributed by atoms with Crippen molar-refractivity contribution in [2.45, 2.75) is 18.6 Å². The summed E-state index contributed by atoms with van der Waals surface area (Å²) in [6, 6.07) is 13.8. The van der Waals surface area contributed by atoms with Crippen molar-refractivity contribution in [1.29, 1.82) is 0 Å². The summed E-state index contributed by atoms with van der Waals surface area (Å²) in [6.45, 7) is 2.09. The van der Waals surface area contributed by atoms with Gasteiger partial charge in [-0.15, -0.1) is 5.10 Å². The van der Waals surface area contributed by atoms with E-state index >= 15 is 0 Å². The standard InChI is InChI=1S/C20H19N3O4S/c1-2-27-19(26)14-9-7-13(8-10-14)11-17-18(25)22-20(28-17)23-21-12-15-5-3-4-6-16(15)24/h3-10,12,17,24H,2,11H2,1H3,(H,22,23,25)/b21-12+. The molecule has 1 fully saturated rings. The van der Waals surface area contributed by atoms with Gasteiger partial charge in [-0.05, 0) is 43.2 Å². The number of hydrogen-bond acceptors (Lipinski definition) is 7. The van der Waals surface area contributed by atoms with E-state index in [0.29, 0.717) is 29.3 Å². The van der Waals surface area contributed by atoms with Gasteiger partial charge in [0.1, 0.15) is 5.75 Å². The number of benzene rings is 2. The van der Waals surface area contributed by atoms with Crippen LogP contribution in [0, 0.1) is 0 Å². The highest BCUT2D eigenvalue weighted by atomic mass is 32.2. The van der Waals surface area contributed by atoms with Crippen molar-refractivity contribution in [1.82, 2.24) is 5.32 Å². The number of hydrogen-bond donors (Lipinski definition) is 2. The lowest BCUT2D eigenvalue weighted by Crippen LogP contribution is -2.25. The Labute approximate surface area is 166 Å². The molecule has 1 amide bonds. The minimum Gasteiger partial charge on any atom is -0.507 e. The number of carbonyl (C=O) groups excluding carboxylic acids is 2. The average Bonchev–Trinajstić information content (AvgIpc) is 3.03. The second-order valence-electron chi connectivity index (χ2n) is 5.93. The molecule has 28 heavy (non-hydrogen) atoms. The number of nitrogens with one attached hydrogen (secondary N) is 1. The Morgan fingerprint density at radius 1 is 1.25 bits per heavy atom. The molecule has 0 aromatic heterocycles. The molecule has 0 saturated carbocycles. The fraction of sp³-hybridized carbons (Fsp3) is 0.200. The van der Waals surface area contributed by atoms with Crippen molar-refractivity contribution >= 4 is 35.0 Å². The monoisotopic (exact) mass is 397 g/mol. The molecule has 0 spiro atoms. The van der Waals surface area contributed by atoms with Crippen LogP contribution < -0.4 is 5.32 Å². The molecule has 1 aliphatic rings. The summed E-state index contributed by atoms with van der Waals surface area (Å²) < 4.78 is 4.96. The molecule has 2 N–H and O–H groups in total. The van der Waals surface area contributed by atoms with Gasteiger partial charge in [-0.25, -0.2) is 4.79 Å². The molecule has 7 nitrogen and oxygen atoms in total. The lowest BCUT2D eigenvalue weighted by atomic mass is 10.1. The molecule has 0 radical (unpaired) electrons. The van der Waals surface area contributed by atoms with Gasteiger partial charge in [0.2, 0.25) is 5.91 Å². The van der Waals surface area contributed by atoms with Crippen molar-refractivity contribution in [2.24, 2.45) is 10.2 Å². The van der Waals surface area contributed by atoms with Crippen LogP contribution in [0.4, 0.5) is 0 Å². The fourth-order valence-corrected chi connectivity index (χ4v) is 3.50. The molecular formula is C20H19N3O4S. The quantitative estimate of drug-likeness (QED) is 0.443. The summed E-state index contributed by atoms with van der Waals surface area (Å²) in [6.07, 6.45) is 1.93. The van der Waals surface area contributed by atoms with Crippen LogP contribution in [0.5, 0.6) is 5.75 Å². The molecular weight excluding hydrogens is 378 g/mol. The first-order chi connectivity index (χ1) is 13.6. The normalized spacial score (nSPS) is 17.8. The Morgan fingerprint density at radius 2 is 2.00 bits per heavy atom. The van der Waals surface area contributed by atoms with Crippen molar-refractivity contribution in [3.8, 4) is 5.75 Å². The zero-order valence-corrected chi connectivity index (χ0v) is 16.0. The summed E-state index contributed by atoms with van der Waals surface area (Å²) in [5.41, 5.74) is 1.95. The number of thioether (sulfide) groups is 1. The van der Waals surface area contributed by atoms with Crippen LogP contribution in [-0.2, 0) is 16.0 Å². The number of amides is 1.